The highest BCUT2D eigenvalue weighted by molar-refractivity contribution is 5.85. The molecule has 3 aromatic carbocycles. The lowest BCUT2D eigenvalue weighted by molar-refractivity contribution is -0.140. The fraction of sp³-hybridized carbons (Fsp3) is 0.241. The van der Waals surface area contributed by atoms with Crippen molar-refractivity contribution in [1.29, 1.82) is 0 Å². The molecule has 0 bridgehead atoms. The summed E-state index contributed by atoms with van der Waals surface area (Å²) in [7, 11) is 0. The van der Waals surface area contributed by atoms with Crippen LogP contribution in [-0.4, -0.2) is 27.6 Å². The molecule has 0 amide bonds. The number of carboxylic acid groups (broad SMARTS) is 1. The fourth-order valence-electron chi connectivity index (χ4n) is 4.40. The van der Waals surface area contributed by atoms with Crippen LogP contribution in [0.25, 0.3) is 22.5 Å². The zero-order valence-corrected chi connectivity index (χ0v) is 19.5. The first kappa shape index (κ1) is 23.0. The van der Waals surface area contributed by atoms with Crippen molar-refractivity contribution in [3.05, 3.63) is 101 Å². The van der Waals surface area contributed by atoms with Crippen LogP contribution in [0.5, 0.6) is 0 Å². The summed E-state index contributed by atoms with van der Waals surface area (Å²) in [6.07, 6.45) is 0.680. The number of aliphatic hydroxyl groups is 1. The number of ether oxygens (including phenoxy) is 1. The molecule has 0 unspecified atom stereocenters. The number of carbonyl (C=O) groups is 1. The van der Waals surface area contributed by atoms with Gasteiger partial charge in [0.25, 0.3) is 0 Å². The summed E-state index contributed by atoms with van der Waals surface area (Å²) in [6.45, 7) is 2.18. The highest BCUT2D eigenvalue weighted by Crippen LogP contribution is 2.48. The lowest BCUT2D eigenvalue weighted by atomic mass is 9.93. The molecule has 1 fully saturated rings. The van der Waals surface area contributed by atoms with E-state index in [0.29, 0.717) is 25.2 Å². The quantitative estimate of drug-likeness (QED) is 0.314. The van der Waals surface area contributed by atoms with E-state index in [-0.39, 0.29) is 6.42 Å². The zero-order valence-electron chi connectivity index (χ0n) is 19.5. The van der Waals surface area contributed by atoms with E-state index in [1.807, 2.05) is 85.8 Å². The summed E-state index contributed by atoms with van der Waals surface area (Å²) in [5, 5.41) is 24.1. The van der Waals surface area contributed by atoms with Crippen LogP contribution in [-0.2, 0) is 28.0 Å². The molecular weight excluding hydrogens is 442 g/mol. The molecule has 1 aliphatic rings. The molecule has 178 valence electrons. The average Bonchev–Trinajstić information content (AvgIpc) is 3.63. The van der Waals surface area contributed by atoms with Crippen LogP contribution in [0.2, 0.25) is 0 Å². The Balaban J connectivity index is 1.29. The predicted molar refractivity (Wildman–Crippen MR) is 132 cm³/mol. The number of nitrogens with zero attached hydrogens (tertiary/aromatic N) is 1. The van der Waals surface area contributed by atoms with Gasteiger partial charge in [0, 0.05) is 17.5 Å². The molecule has 5 rings (SSSR count). The molecular formula is C29H27NO5. The van der Waals surface area contributed by atoms with Gasteiger partial charge >= 0.3 is 5.97 Å². The van der Waals surface area contributed by atoms with Gasteiger partial charge in [-0.25, -0.2) is 0 Å². The molecule has 1 heterocycles. The van der Waals surface area contributed by atoms with E-state index < -0.39 is 17.7 Å². The van der Waals surface area contributed by atoms with Crippen molar-refractivity contribution in [2.24, 2.45) is 0 Å². The number of aryl methyl sites for hydroxylation is 1. The summed E-state index contributed by atoms with van der Waals surface area (Å²) < 4.78 is 11.2. The first-order chi connectivity index (χ1) is 17.0. The molecule has 0 saturated heterocycles. The van der Waals surface area contributed by atoms with Crippen molar-refractivity contribution in [1.82, 2.24) is 5.16 Å². The number of rotatable bonds is 9. The second-order valence-corrected chi connectivity index (χ2v) is 9.07. The second-order valence-electron chi connectivity index (χ2n) is 9.07. The predicted octanol–water partition coefficient (Wildman–Crippen LogP) is 5.51. The number of aliphatic carboxylic acids is 1. The van der Waals surface area contributed by atoms with E-state index >= 15 is 0 Å². The Morgan fingerprint density at radius 3 is 2.17 bits per heavy atom. The highest BCUT2D eigenvalue weighted by Gasteiger charge is 2.51. The van der Waals surface area contributed by atoms with Crippen LogP contribution < -0.4 is 0 Å². The minimum Gasteiger partial charge on any atom is -0.481 e. The standard InChI is InChI=1S/C29H27NO5/c1-19-25(17-26(31)34-18-20-5-3-2-4-6-20)27(35-30-19)23-9-7-21(8-10-23)22-11-13-24(14-12-22)29(15-16-29)28(32)33/h2-14,26,31H,15-18H2,1H3,(H,32,33)/t26-/m0/s1. The maximum atomic E-state index is 11.6. The van der Waals surface area contributed by atoms with E-state index in [1.165, 1.54) is 0 Å². The van der Waals surface area contributed by atoms with Crippen molar-refractivity contribution < 1.29 is 24.3 Å². The Morgan fingerprint density at radius 2 is 1.57 bits per heavy atom. The van der Waals surface area contributed by atoms with Gasteiger partial charge in [-0.1, -0.05) is 84.0 Å². The van der Waals surface area contributed by atoms with Crippen molar-refractivity contribution in [3.63, 3.8) is 0 Å². The maximum absolute atomic E-state index is 11.6. The highest BCUT2D eigenvalue weighted by atomic mass is 16.6. The molecule has 6 heteroatoms. The van der Waals surface area contributed by atoms with Crippen molar-refractivity contribution in [3.8, 4) is 22.5 Å². The first-order valence-corrected chi connectivity index (χ1v) is 11.7. The molecule has 4 aromatic rings. The molecule has 1 aromatic heterocycles. The molecule has 1 aliphatic carbocycles. The third-order valence-corrected chi connectivity index (χ3v) is 6.73. The average molecular weight is 470 g/mol. The number of aromatic nitrogens is 1. The minimum atomic E-state index is -0.981. The number of benzene rings is 3. The third kappa shape index (κ3) is 4.76. The van der Waals surface area contributed by atoms with E-state index in [9.17, 15) is 15.0 Å². The van der Waals surface area contributed by atoms with Crippen molar-refractivity contribution in [2.45, 2.75) is 44.5 Å². The lowest BCUT2D eigenvalue weighted by Gasteiger charge is -2.13. The van der Waals surface area contributed by atoms with E-state index in [2.05, 4.69) is 5.16 Å². The third-order valence-electron chi connectivity index (χ3n) is 6.73. The van der Waals surface area contributed by atoms with Gasteiger partial charge in [0.1, 0.15) is 0 Å². The largest absolute Gasteiger partial charge is 0.481 e. The smallest absolute Gasteiger partial charge is 0.314 e. The van der Waals surface area contributed by atoms with E-state index in [0.717, 1.165) is 39.1 Å². The summed E-state index contributed by atoms with van der Waals surface area (Å²) in [6, 6.07) is 25.4. The number of carboxylic acids is 1. The van der Waals surface area contributed by atoms with Gasteiger partial charge < -0.3 is 19.5 Å². The van der Waals surface area contributed by atoms with Crippen LogP contribution in [0.3, 0.4) is 0 Å². The summed E-state index contributed by atoms with van der Waals surface area (Å²) >= 11 is 0. The van der Waals surface area contributed by atoms with Crippen LogP contribution in [0.4, 0.5) is 0 Å². The Hall–Kier alpha value is -3.74. The zero-order chi connectivity index (χ0) is 24.4. The molecule has 1 saturated carbocycles. The van der Waals surface area contributed by atoms with Gasteiger partial charge in [-0.3, -0.25) is 4.79 Å². The number of hydrogen-bond acceptors (Lipinski definition) is 5. The fourth-order valence-corrected chi connectivity index (χ4v) is 4.40. The molecule has 0 aliphatic heterocycles. The van der Waals surface area contributed by atoms with Crippen LogP contribution >= 0.6 is 0 Å². The molecule has 1 atom stereocenters. The topological polar surface area (TPSA) is 92.8 Å². The first-order valence-electron chi connectivity index (χ1n) is 11.7. The van der Waals surface area contributed by atoms with Crippen molar-refractivity contribution in [2.75, 3.05) is 0 Å². The van der Waals surface area contributed by atoms with Crippen LogP contribution in [0.15, 0.2) is 83.4 Å². The SMILES string of the molecule is Cc1noc(-c2ccc(-c3ccc(C4(C(=O)O)CC4)cc3)cc2)c1C[C@@H](O)OCc1ccccc1. The van der Waals surface area contributed by atoms with Crippen LogP contribution in [0, 0.1) is 6.92 Å². The summed E-state index contributed by atoms with van der Waals surface area (Å²) in [5.41, 5.74) is 5.58. The van der Waals surface area contributed by atoms with Gasteiger partial charge in [-0.15, -0.1) is 0 Å². The van der Waals surface area contributed by atoms with Gasteiger partial charge in [0.2, 0.25) is 0 Å². The number of aliphatic hydroxyl groups excluding tert-OH is 1. The second kappa shape index (κ2) is 9.49. The molecule has 2 N–H and O–H groups in total. The van der Waals surface area contributed by atoms with Gasteiger partial charge in [-0.05, 0) is 42.0 Å². The van der Waals surface area contributed by atoms with Crippen LogP contribution in [0.1, 0.15) is 35.2 Å². The Bertz CT molecular complexity index is 1310. The lowest BCUT2D eigenvalue weighted by Crippen LogP contribution is -2.19. The Morgan fingerprint density at radius 1 is 0.971 bits per heavy atom. The van der Waals surface area contributed by atoms with Gasteiger partial charge in [-0.2, -0.15) is 0 Å². The summed E-state index contributed by atoms with van der Waals surface area (Å²) in [4.78, 5) is 11.6. The van der Waals surface area contributed by atoms with Gasteiger partial charge in [0.05, 0.1) is 17.7 Å². The monoisotopic (exact) mass is 469 g/mol. The maximum Gasteiger partial charge on any atom is 0.314 e. The van der Waals surface area contributed by atoms with Crippen molar-refractivity contribution >= 4 is 5.97 Å². The molecule has 0 spiro atoms. The normalized spacial score (nSPS) is 15.0. The summed E-state index contributed by atoms with van der Waals surface area (Å²) in [5.74, 6) is -0.132. The Kier molecular flexibility index (Phi) is 6.24. The minimum absolute atomic E-state index is 0.270. The Labute approximate surface area is 203 Å². The van der Waals surface area contributed by atoms with Gasteiger partial charge in [0.15, 0.2) is 12.1 Å². The molecule has 6 nitrogen and oxygen atoms in total. The molecule has 0 radical (unpaired) electrons. The molecule has 35 heavy (non-hydrogen) atoms. The number of hydrogen-bond donors (Lipinski definition) is 2. The van der Waals surface area contributed by atoms with E-state index in [4.69, 9.17) is 9.26 Å². The van der Waals surface area contributed by atoms with E-state index in [1.54, 1.807) is 0 Å².